The van der Waals surface area contributed by atoms with Gasteiger partial charge in [0.05, 0.1) is 15.7 Å². The maximum Gasteiger partial charge on any atom is 0.161 e. The molecule has 0 aliphatic rings. The van der Waals surface area contributed by atoms with Gasteiger partial charge >= 0.3 is 0 Å². The molecule has 0 bridgehead atoms. The van der Waals surface area contributed by atoms with Gasteiger partial charge in [0, 0.05) is 24.2 Å². The van der Waals surface area contributed by atoms with E-state index < -0.39 is 0 Å². The third kappa shape index (κ3) is 2.25. The second kappa shape index (κ2) is 5.17. The normalized spacial score (nSPS) is 10.8. The van der Waals surface area contributed by atoms with Crippen molar-refractivity contribution in [1.82, 2.24) is 15.0 Å². The zero-order chi connectivity index (χ0) is 14.1. The number of hydrogen-bond donors (Lipinski definition) is 1. The van der Waals surface area contributed by atoms with Gasteiger partial charge in [0.15, 0.2) is 5.82 Å². The molecule has 0 radical (unpaired) electrons. The standard InChI is InChI=1S/C15H13BrN4/c1-9-13(16)15(17-2)20-14(19-9)11-5-6-12-10(8-11)4-3-7-18-12/h3-8H,1-2H3,(H,17,19,20). The molecule has 4 nitrogen and oxygen atoms in total. The van der Waals surface area contributed by atoms with Gasteiger partial charge in [-0.3, -0.25) is 4.98 Å². The number of nitrogens with zero attached hydrogens (tertiary/aromatic N) is 3. The van der Waals surface area contributed by atoms with Crippen LogP contribution in [0.4, 0.5) is 5.82 Å². The fourth-order valence-corrected chi connectivity index (χ4v) is 2.44. The lowest BCUT2D eigenvalue weighted by Crippen LogP contribution is -2.00. The predicted octanol–water partition coefficient (Wildman–Crippen LogP) is 3.80. The van der Waals surface area contributed by atoms with Crippen molar-refractivity contribution in [3.05, 3.63) is 46.7 Å². The van der Waals surface area contributed by atoms with Crippen LogP contribution in [-0.4, -0.2) is 22.0 Å². The van der Waals surface area contributed by atoms with Gasteiger partial charge < -0.3 is 5.32 Å². The van der Waals surface area contributed by atoms with Crippen molar-refractivity contribution in [1.29, 1.82) is 0 Å². The summed E-state index contributed by atoms with van der Waals surface area (Å²) in [6.07, 6.45) is 1.79. The fraction of sp³-hybridized carbons (Fsp3) is 0.133. The maximum absolute atomic E-state index is 4.54. The number of pyridine rings is 1. The van der Waals surface area contributed by atoms with Gasteiger partial charge in [-0.2, -0.15) is 0 Å². The molecule has 0 aliphatic carbocycles. The van der Waals surface area contributed by atoms with E-state index in [0.717, 1.165) is 32.5 Å². The largest absolute Gasteiger partial charge is 0.372 e. The van der Waals surface area contributed by atoms with E-state index in [1.165, 1.54) is 0 Å². The lowest BCUT2D eigenvalue weighted by Gasteiger charge is -2.09. The number of hydrogen-bond acceptors (Lipinski definition) is 4. The van der Waals surface area contributed by atoms with Crippen LogP contribution in [-0.2, 0) is 0 Å². The summed E-state index contributed by atoms with van der Waals surface area (Å²) in [6.45, 7) is 1.96. The molecular weight excluding hydrogens is 316 g/mol. The topological polar surface area (TPSA) is 50.7 Å². The van der Waals surface area contributed by atoms with Crippen LogP contribution in [0, 0.1) is 6.92 Å². The van der Waals surface area contributed by atoms with Crippen LogP contribution in [0.15, 0.2) is 41.0 Å². The average molecular weight is 329 g/mol. The minimum atomic E-state index is 0.709. The van der Waals surface area contributed by atoms with Crippen molar-refractivity contribution in [3.63, 3.8) is 0 Å². The van der Waals surface area contributed by atoms with Crippen LogP contribution in [0.2, 0.25) is 0 Å². The van der Waals surface area contributed by atoms with Crippen LogP contribution in [0.1, 0.15) is 5.69 Å². The van der Waals surface area contributed by atoms with Gasteiger partial charge in [-0.05, 0) is 47.1 Å². The van der Waals surface area contributed by atoms with Crippen LogP contribution in [0.3, 0.4) is 0 Å². The summed E-state index contributed by atoms with van der Waals surface area (Å²) in [7, 11) is 1.85. The Kier molecular flexibility index (Phi) is 3.36. The van der Waals surface area contributed by atoms with Gasteiger partial charge in [0.1, 0.15) is 5.82 Å². The number of anilines is 1. The first-order valence-electron chi connectivity index (χ1n) is 6.26. The summed E-state index contributed by atoms with van der Waals surface area (Å²) in [5.74, 6) is 1.50. The number of nitrogens with one attached hydrogen (secondary N) is 1. The lowest BCUT2D eigenvalue weighted by atomic mass is 10.1. The smallest absolute Gasteiger partial charge is 0.161 e. The Morgan fingerprint density at radius 1 is 1.15 bits per heavy atom. The number of rotatable bonds is 2. The third-order valence-electron chi connectivity index (χ3n) is 3.11. The Labute approximate surface area is 125 Å². The minimum Gasteiger partial charge on any atom is -0.372 e. The van der Waals surface area contributed by atoms with Crippen LogP contribution < -0.4 is 5.32 Å². The summed E-state index contributed by atoms with van der Waals surface area (Å²) in [5, 5.41) is 4.16. The first kappa shape index (κ1) is 13.0. The molecule has 20 heavy (non-hydrogen) atoms. The number of benzene rings is 1. The van der Waals surface area contributed by atoms with Gasteiger partial charge in [0.2, 0.25) is 0 Å². The number of halogens is 1. The quantitative estimate of drug-likeness (QED) is 0.777. The lowest BCUT2D eigenvalue weighted by molar-refractivity contribution is 1.09. The molecule has 1 N–H and O–H groups in total. The Morgan fingerprint density at radius 3 is 2.80 bits per heavy atom. The molecule has 0 saturated carbocycles. The van der Waals surface area contributed by atoms with Crippen molar-refractivity contribution >= 4 is 32.7 Å². The molecule has 3 rings (SSSR count). The monoisotopic (exact) mass is 328 g/mol. The first-order valence-corrected chi connectivity index (χ1v) is 7.05. The van der Waals surface area contributed by atoms with E-state index in [9.17, 15) is 0 Å². The molecule has 0 aliphatic heterocycles. The molecule has 3 aromatic rings. The summed E-state index contributed by atoms with van der Waals surface area (Å²) in [4.78, 5) is 13.4. The van der Waals surface area contributed by atoms with E-state index in [1.807, 2.05) is 38.2 Å². The van der Waals surface area contributed by atoms with E-state index in [-0.39, 0.29) is 0 Å². The predicted molar refractivity (Wildman–Crippen MR) is 84.8 cm³/mol. The molecule has 2 heterocycles. The minimum absolute atomic E-state index is 0.709. The molecule has 1 aromatic carbocycles. The first-order chi connectivity index (χ1) is 9.69. The van der Waals surface area contributed by atoms with Crippen LogP contribution >= 0.6 is 15.9 Å². The molecule has 0 saturated heterocycles. The number of aromatic nitrogens is 3. The molecule has 0 spiro atoms. The highest BCUT2D eigenvalue weighted by atomic mass is 79.9. The van der Waals surface area contributed by atoms with Gasteiger partial charge in [-0.1, -0.05) is 6.07 Å². The van der Waals surface area contributed by atoms with E-state index in [4.69, 9.17) is 0 Å². The highest BCUT2D eigenvalue weighted by Gasteiger charge is 2.10. The molecule has 0 unspecified atom stereocenters. The van der Waals surface area contributed by atoms with Crippen molar-refractivity contribution in [2.45, 2.75) is 6.92 Å². The van der Waals surface area contributed by atoms with E-state index in [0.29, 0.717) is 5.82 Å². The van der Waals surface area contributed by atoms with Gasteiger partial charge in [-0.25, -0.2) is 9.97 Å². The number of fused-ring (bicyclic) bond motifs is 1. The average Bonchev–Trinajstić information content (AvgIpc) is 2.49. The Hall–Kier alpha value is -2.01. The molecule has 0 fully saturated rings. The van der Waals surface area contributed by atoms with E-state index >= 15 is 0 Å². The molecular formula is C15H13BrN4. The summed E-state index contributed by atoms with van der Waals surface area (Å²) >= 11 is 3.49. The molecule has 100 valence electrons. The second-order valence-electron chi connectivity index (χ2n) is 4.46. The molecule has 5 heteroatoms. The Bertz CT molecular complexity index is 786. The summed E-state index contributed by atoms with van der Waals surface area (Å²) in [5.41, 5.74) is 2.86. The van der Waals surface area contributed by atoms with Gasteiger partial charge in [0.25, 0.3) is 0 Å². The van der Waals surface area contributed by atoms with Crippen molar-refractivity contribution in [2.75, 3.05) is 12.4 Å². The number of aryl methyl sites for hydroxylation is 1. The summed E-state index contributed by atoms with van der Waals surface area (Å²) < 4.78 is 0.895. The second-order valence-corrected chi connectivity index (χ2v) is 5.25. The highest BCUT2D eigenvalue weighted by molar-refractivity contribution is 9.10. The maximum atomic E-state index is 4.54. The van der Waals surface area contributed by atoms with Gasteiger partial charge in [-0.15, -0.1) is 0 Å². The fourth-order valence-electron chi connectivity index (χ4n) is 2.07. The zero-order valence-corrected chi connectivity index (χ0v) is 12.8. The van der Waals surface area contributed by atoms with Crippen molar-refractivity contribution in [2.24, 2.45) is 0 Å². The van der Waals surface area contributed by atoms with Crippen molar-refractivity contribution < 1.29 is 0 Å². The highest BCUT2D eigenvalue weighted by Crippen LogP contribution is 2.27. The third-order valence-corrected chi connectivity index (χ3v) is 4.06. The van der Waals surface area contributed by atoms with Crippen molar-refractivity contribution in [3.8, 4) is 11.4 Å². The van der Waals surface area contributed by atoms with Crippen LogP contribution in [0.5, 0.6) is 0 Å². The van der Waals surface area contributed by atoms with E-state index in [1.54, 1.807) is 6.20 Å². The summed E-state index contributed by atoms with van der Waals surface area (Å²) in [6, 6.07) is 10.0. The molecule has 0 atom stereocenters. The van der Waals surface area contributed by atoms with Crippen LogP contribution in [0.25, 0.3) is 22.3 Å². The Balaban J connectivity index is 2.17. The molecule has 2 aromatic heterocycles. The Morgan fingerprint density at radius 2 is 2.00 bits per heavy atom. The zero-order valence-electron chi connectivity index (χ0n) is 11.2. The molecule has 0 amide bonds. The van der Waals surface area contributed by atoms with E-state index in [2.05, 4.69) is 42.3 Å². The SMILES string of the molecule is CNc1nc(-c2ccc3ncccc3c2)nc(C)c1Br.